The van der Waals surface area contributed by atoms with E-state index in [1.165, 1.54) is 0 Å². The van der Waals surface area contributed by atoms with Crippen LogP contribution in [0.5, 0.6) is 0 Å². The van der Waals surface area contributed by atoms with Crippen LogP contribution in [0.4, 0.5) is 0 Å². The van der Waals surface area contributed by atoms with Gasteiger partial charge in [0, 0.05) is 18.3 Å². The number of aliphatic hydroxyl groups is 1. The van der Waals surface area contributed by atoms with Crippen molar-refractivity contribution in [3.05, 3.63) is 36.4 Å². The van der Waals surface area contributed by atoms with Crippen molar-refractivity contribution in [2.24, 2.45) is 11.8 Å². The van der Waals surface area contributed by atoms with Gasteiger partial charge in [-0.1, -0.05) is 12.2 Å². The van der Waals surface area contributed by atoms with Gasteiger partial charge in [-0.3, -0.25) is 9.97 Å². The molecule has 0 aliphatic heterocycles. The summed E-state index contributed by atoms with van der Waals surface area (Å²) < 4.78 is 0. The second-order valence-corrected chi connectivity index (χ2v) is 4.21. The Labute approximate surface area is 82.5 Å². The van der Waals surface area contributed by atoms with Gasteiger partial charge >= 0.3 is 0 Å². The summed E-state index contributed by atoms with van der Waals surface area (Å²) in [5.74, 6) is 0.774. The maximum Gasteiger partial charge on any atom is 0.115 e. The first-order valence-electron chi connectivity index (χ1n) is 4.96. The summed E-state index contributed by atoms with van der Waals surface area (Å²) in [6.07, 6.45) is 11.1. The number of aromatic nitrogens is 2. The van der Waals surface area contributed by atoms with Crippen LogP contribution in [0, 0.1) is 11.8 Å². The molecule has 3 atom stereocenters. The highest BCUT2D eigenvalue weighted by molar-refractivity contribution is 5.24. The fourth-order valence-electron chi connectivity index (χ4n) is 2.65. The third-order valence-electron chi connectivity index (χ3n) is 3.37. The molecule has 2 bridgehead atoms. The molecule has 3 rings (SSSR count). The van der Waals surface area contributed by atoms with E-state index in [4.69, 9.17) is 0 Å². The summed E-state index contributed by atoms with van der Waals surface area (Å²) in [5.41, 5.74) is -0.0370. The van der Waals surface area contributed by atoms with Gasteiger partial charge in [-0.25, -0.2) is 0 Å². The van der Waals surface area contributed by atoms with Crippen LogP contribution in [0.1, 0.15) is 18.5 Å². The summed E-state index contributed by atoms with van der Waals surface area (Å²) in [6, 6.07) is 0. The first-order chi connectivity index (χ1) is 6.79. The third kappa shape index (κ3) is 0.960. The fraction of sp³-hybridized carbons (Fsp3) is 0.455. The third-order valence-corrected chi connectivity index (χ3v) is 3.37. The quantitative estimate of drug-likeness (QED) is 0.675. The first kappa shape index (κ1) is 8.12. The molecule has 1 N–H and O–H groups in total. The molecule has 0 radical (unpaired) electrons. The van der Waals surface area contributed by atoms with E-state index in [9.17, 15) is 5.11 Å². The molecule has 2 aliphatic carbocycles. The van der Waals surface area contributed by atoms with E-state index in [0.29, 0.717) is 5.92 Å². The number of nitrogens with zero attached hydrogens (tertiary/aromatic N) is 2. The Morgan fingerprint density at radius 2 is 2.29 bits per heavy atom. The average molecular weight is 188 g/mol. The van der Waals surface area contributed by atoms with Crippen LogP contribution in [0.25, 0.3) is 0 Å². The molecule has 3 heteroatoms. The minimum Gasteiger partial charge on any atom is -0.383 e. The zero-order valence-electron chi connectivity index (χ0n) is 7.80. The zero-order chi connectivity index (χ0) is 9.60. The molecule has 72 valence electrons. The van der Waals surface area contributed by atoms with E-state index in [0.717, 1.165) is 18.5 Å². The average Bonchev–Trinajstić information content (AvgIpc) is 2.79. The van der Waals surface area contributed by atoms with E-state index in [-0.39, 0.29) is 5.92 Å². The van der Waals surface area contributed by atoms with Crippen molar-refractivity contribution in [3.8, 4) is 0 Å². The lowest BCUT2D eigenvalue weighted by Crippen LogP contribution is -2.31. The first-order valence-corrected chi connectivity index (χ1v) is 4.96. The normalized spacial score (nSPS) is 39.2. The highest BCUT2D eigenvalue weighted by Crippen LogP contribution is 2.50. The summed E-state index contributed by atoms with van der Waals surface area (Å²) in [5, 5.41) is 10.5. The van der Waals surface area contributed by atoms with Crippen LogP contribution >= 0.6 is 0 Å². The summed E-state index contributed by atoms with van der Waals surface area (Å²) in [7, 11) is 0. The van der Waals surface area contributed by atoms with Gasteiger partial charge in [0.25, 0.3) is 0 Å². The molecule has 0 saturated heterocycles. The van der Waals surface area contributed by atoms with Crippen LogP contribution in [0.3, 0.4) is 0 Å². The molecule has 1 saturated carbocycles. The summed E-state index contributed by atoms with van der Waals surface area (Å²) >= 11 is 0. The van der Waals surface area contributed by atoms with E-state index in [1.54, 1.807) is 18.6 Å². The predicted octanol–water partition coefficient (Wildman–Crippen LogP) is 1.26. The number of hydrogen-bond donors (Lipinski definition) is 1. The zero-order valence-corrected chi connectivity index (χ0v) is 7.80. The predicted molar refractivity (Wildman–Crippen MR) is 51.3 cm³/mol. The molecule has 14 heavy (non-hydrogen) atoms. The van der Waals surface area contributed by atoms with Crippen molar-refractivity contribution in [2.75, 3.05) is 0 Å². The SMILES string of the molecule is OC1(c2cnccn2)CC2C=CC1C2. The maximum atomic E-state index is 10.5. The number of allylic oxidation sites excluding steroid dienone is 1. The number of fused-ring (bicyclic) bond motifs is 2. The van der Waals surface area contributed by atoms with E-state index in [1.807, 2.05) is 0 Å². The van der Waals surface area contributed by atoms with Gasteiger partial charge in [0.15, 0.2) is 0 Å². The van der Waals surface area contributed by atoms with Gasteiger partial charge in [-0.2, -0.15) is 0 Å². The van der Waals surface area contributed by atoms with Crippen LogP contribution < -0.4 is 0 Å². The van der Waals surface area contributed by atoms with Crippen molar-refractivity contribution >= 4 is 0 Å². The van der Waals surface area contributed by atoms with Gasteiger partial charge in [0.1, 0.15) is 5.60 Å². The van der Waals surface area contributed by atoms with Crippen molar-refractivity contribution in [2.45, 2.75) is 18.4 Å². The molecular formula is C11H12N2O. The van der Waals surface area contributed by atoms with Gasteiger partial charge in [0.2, 0.25) is 0 Å². The lowest BCUT2D eigenvalue weighted by Gasteiger charge is -2.28. The van der Waals surface area contributed by atoms with Gasteiger partial charge in [-0.05, 0) is 18.8 Å². The Morgan fingerprint density at radius 1 is 1.36 bits per heavy atom. The second kappa shape index (κ2) is 2.64. The Morgan fingerprint density at radius 3 is 2.86 bits per heavy atom. The largest absolute Gasteiger partial charge is 0.383 e. The summed E-state index contributed by atoms with van der Waals surface area (Å²) in [4.78, 5) is 8.22. The molecule has 0 aromatic carbocycles. The minimum atomic E-state index is -0.756. The molecule has 1 aromatic rings. The van der Waals surface area contributed by atoms with Crippen molar-refractivity contribution in [1.82, 2.24) is 9.97 Å². The maximum absolute atomic E-state index is 10.5. The van der Waals surface area contributed by atoms with Gasteiger partial charge < -0.3 is 5.11 Å². The van der Waals surface area contributed by atoms with Crippen molar-refractivity contribution in [3.63, 3.8) is 0 Å². The van der Waals surface area contributed by atoms with E-state index >= 15 is 0 Å². The van der Waals surface area contributed by atoms with Gasteiger partial charge in [0.05, 0.1) is 11.9 Å². The second-order valence-electron chi connectivity index (χ2n) is 4.21. The lowest BCUT2D eigenvalue weighted by atomic mass is 9.85. The Bertz CT molecular complexity index is 376. The highest BCUT2D eigenvalue weighted by Gasteiger charge is 2.49. The standard InChI is InChI=1S/C11H12N2O/c14-11(10-7-12-3-4-13-10)6-8-1-2-9(11)5-8/h1-4,7-9,14H,5-6H2. The molecule has 1 aromatic heterocycles. The van der Waals surface area contributed by atoms with Crippen molar-refractivity contribution in [1.29, 1.82) is 0 Å². The fourth-order valence-corrected chi connectivity index (χ4v) is 2.65. The van der Waals surface area contributed by atoms with Gasteiger partial charge in [-0.15, -0.1) is 0 Å². The molecule has 3 unspecified atom stereocenters. The Hall–Kier alpha value is -1.22. The van der Waals surface area contributed by atoms with Crippen LogP contribution in [-0.2, 0) is 5.60 Å². The van der Waals surface area contributed by atoms with Crippen LogP contribution in [-0.4, -0.2) is 15.1 Å². The molecule has 1 heterocycles. The molecule has 2 aliphatic rings. The number of hydrogen-bond acceptors (Lipinski definition) is 3. The highest BCUT2D eigenvalue weighted by atomic mass is 16.3. The van der Waals surface area contributed by atoms with Crippen molar-refractivity contribution < 1.29 is 5.11 Å². The van der Waals surface area contributed by atoms with Crippen LogP contribution in [0.2, 0.25) is 0 Å². The molecule has 0 spiro atoms. The number of rotatable bonds is 1. The lowest BCUT2D eigenvalue weighted by molar-refractivity contribution is 0.00572. The summed E-state index contributed by atoms with van der Waals surface area (Å²) in [6.45, 7) is 0. The molecule has 1 fully saturated rings. The molecule has 3 nitrogen and oxygen atoms in total. The Balaban J connectivity index is 2.03. The molecule has 0 amide bonds. The van der Waals surface area contributed by atoms with E-state index < -0.39 is 5.60 Å². The minimum absolute atomic E-state index is 0.240. The Kier molecular flexibility index (Phi) is 1.53. The monoisotopic (exact) mass is 188 g/mol. The topological polar surface area (TPSA) is 46.0 Å². The molecular weight excluding hydrogens is 176 g/mol. The smallest absolute Gasteiger partial charge is 0.115 e. The van der Waals surface area contributed by atoms with Crippen LogP contribution in [0.15, 0.2) is 30.7 Å². The van der Waals surface area contributed by atoms with E-state index in [2.05, 4.69) is 22.1 Å².